The number of aryl methyl sites for hydroxylation is 1. The molecule has 0 amide bonds. The second-order valence-electron chi connectivity index (χ2n) is 5.72. The van der Waals surface area contributed by atoms with Crippen LogP contribution >= 0.6 is 7.60 Å². The molecule has 0 atom stereocenters. The molecule has 5 nitrogen and oxygen atoms in total. The van der Waals surface area contributed by atoms with Gasteiger partial charge in [-0.25, -0.2) is 4.98 Å². The van der Waals surface area contributed by atoms with Gasteiger partial charge in [-0.05, 0) is 20.3 Å². The lowest BCUT2D eigenvalue weighted by Gasteiger charge is -2.21. The van der Waals surface area contributed by atoms with E-state index >= 15 is 0 Å². The average Bonchev–Trinajstić information content (AvgIpc) is 2.77. The first kappa shape index (κ1) is 17.4. The summed E-state index contributed by atoms with van der Waals surface area (Å²) in [5.41, 5.74) is 0.00698. The summed E-state index contributed by atoms with van der Waals surface area (Å²) in [6.07, 6.45) is 4.96. The molecule has 0 radical (unpaired) electrons. The Hall–Kier alpha value is -0.640. The van der Waals surface area contributed by atoms with Gasteiger partial charge in [0.05, 0.1) is 19.4 Å². The Balaban J connectivity index is 2.60. The van der Waals surface area contributed by atoms with Gasteiger partial charge in [0.1, 0.15) is 5.82 Å². The van der Waals surface area contributed by atoms with Gasteiger partial charge in [-0.3, -0.25) is 4.57 Å². The van der Waals surface area contributed by atoms with Crippen molar-refractivity contribution >= 4 is 7.60 Å². The Morgan fingerprint density at radius 2 is 1.85 bits per heavy atom. The van der Waals surface area contributed by atoms with Crippen molar-refractivity contribution in [1.29, 1.82) is 0 Å². The molecule has 1 aromatic rings. The van der Waals surface area contributed by atoms with Crippen LogP contribution in [0.15, 0.2) is 12.4 Å². The highest BCUT2D eigenvalue weighted by molar-refractivity contribution is 7.53. The molecular formula is C14H27N2O3P. The summed E-state index contributed by atoms with van der Waals surface area (Å²) in [7, 11) is -2.93. The first-order chi connectivity index (χ1) is 9.32. The van der Waals surface area contributed by atoms with E-state index in [1.54, 1.807) is 0 Å². The van der Waals surface area contributed by atoms with Crippen molar-refractivity contribution in [2.24, 2.45) is 0 Å². The summed E-state index contributed by atoms with van der Waals surface area (Å²) in [6.45, 7) is 11.7. The normalized spacial score (nSPS) is 12.8. The van der Waals surface area contributed by atoms with Gasteiger partial charge in [-0.2, -0.15) is 0 Å². The van der Waals surface area contributed by atoms with Crippen LogP contribution in [0, 0.1) is 0 Å². The maximum atomic E-state index is 12.4. The Morgan fingerprint density at radius 1 is 1.25 bits per heavy atom. The summed E-state index contributed by atoms with van der Waals surface area (Å²) in [4.78, 5) is 4.41. The van der Waals surface area contributed by atoms with Crippen LogP contribution in [0.2, 0.25) is 0 Å². The summed E-state index contributed by atoms with van der Waals surface area (Å²) < 4.78 is 25.1. The molecular weight excluding hydrogens is 275 g/mol. The fourth-order valence-corrected chi connectivity index (χ4v) is 3.78. The Bertz CT molecular complexity index is 442. The van der Waals surface area contributed by atoms with E-state index in [4.69, 9.17) is 9.05 Å². The van der Waals surface area contributed by atoms with E-state index in [1.165, 1.54) is 0 Å². The highest BCUT2D eigenvalue weighted by Crippen LogP contribution is 2.48. The van der Waals surface area contributed by atoms with Crippen molar-refractivity contribution < 1.29 is 13.6 Å². The third-order valence-corrected chi connectivity index (χ3v) is 5.04. The lowest BCUT2D eigenvalue weighted by molar-refractivity contribution is 0.219. The number of imidazole rings is 1. The Morgan fingerprint density at radius 3 is 2.35 bits per heavy atom. The topological polar surface area (TPSA) is 53.4 Å². The standard InChI is InChI=1S/C14H27N2O3P/c1-6-18-20(17,19-7-2)12-8-10-16-11-9-15-13(16)14(3,4)5/h9,11H,6-8,10,12H2,1-5H3. The Labute approximate surface area is 122 Å². The van der Waals surface area contributed by atoms with Crippen LogP contribution in [-0.2, 0) is 25.6 Å². The van der Waals surface area contributed by atoms with E-state index in [0.29, 0.717) is 19.4 Å². The second-order valence-corrected chi connectivity index (χ2v) is 7.90. The minimum atomic E-state index is -2.93. The number of hydrogen-bond donors (Lipinski definition) is 0. The van der Waals surface area contributed by atoms with Gasteiger partial charge in [0.25, 0.3) is 0 Å². The molecule has 0 bridgehead atoms. The summed E-state index contributed by atoms with van der Waals surface area (Å²) in [6, 6.07) is 0. The van der Waals surface area contributed by atoms with Crippen LogP contribution < -0.4 is 0 Å². The molecule has 0 aliphatic rings. The maximum Gasteiger partial charge on any atom is 0.330 e. The number of rotatable bonds is 8. The third kappa shape index (κ3) is 5.04. The quantitative estimate of drug-likeness (QED) is 0.685. The summed E-state index contributed by atoms with van der Waals surface area (Å²) in [5.74, 6) is 1.04. The van der Waals surface area contributed by atoms with Crippen LogP contribution in [0.3, 0.4) is 0 Å². The summed E-state index contributed by atoms with van der Waals surface area (Å²) in [5, 5.41) is 0. The molecule has 0 unspecified atom stereocenters. The van der Waals surface area contributed by atoms with Gasteiger partial charge in [0, 0.05) is 24.4 Å². The van der Waals surface area contributed by atoms with Gasteiger partial charge in [-0.1, -0.05) is 20.8 Å². The summed E-state index contributed by atoms with van der Waals surface area (Å²) >= 11 is 0. The SMILES string of the molecule is CCOP(=O)(CCCn1ccnc1C(C)(C)C)OCC. The molecule has 0 aliphatic carbocycles. The molecule has 0 saturated carbocycles. The van der Waals surface area contributed by atoms with Crippen molar-refractivity contribution in [1.82, 2.24) is 9.55 Å². The lowest BCUT2D eigenvalue weighted by atomic mass is 9.96. The minimum Gasteiger partial charge on any atom is -0.334 e. The molecule has 1 aromatic heterocycles. The monoisotopic (exact) mass is 302 g/mol. The van der Waals surface area contributed by atoms with Gasteiger partial charge >= 0.3 is 7.60 Å². The van der Waals surface area contributed by atoms with Crippen LogP contribution in [0.4, 0.5) is 0 Å². The molecule has 116 valence electrons. The van der Waals surface area contributed by atoms with Crippen molar-refractivity contribution in [3.8, 4) is 0 Å². The zero-order valence-corrected chi connectivity index (χ0v) is 14.2. The fourth-order valence-electron chi connectivity index (χ4n) is 2.13. The molecule has 20 heavy (non-hydrogen) atoms. The molecule has 1 heterocycles. The van der Waals surface area contributed by atoms with E-state index in [9.17, 15) is 4.57 Å². The van der Waals surface area contributed by atoms with E-state index in [0.717, 1.165) is 18.8 Å². The highest BCUT2D eigenvalue weighted by Gasteiger charge is 2.24. The number of aromatic nitrogens is 2. The first-order valence-electron chi connectivity index (χ1n) is 7.22. The highest BCUT2D eigenvalue weighted by atomic mass is 31.2. The Kier molecular flexibility index (Phi) is 6.44. The van der Waals surface area contributed by atoms with Crippen molar-refractivity contribution in [2.75, 3.05) is 19.4 Å². The molecule has 0 aliphatic heterocycles. The zero-order valence-electron chi connectivity index (χ0n) is 13.3. The van der Waals surface area contributed by atoms with Crippen LogP contribution in [-0.4, -0.2) is 28.9 Å². The lowest BCUT2D eigenvalue weighted by Crippen LogP contribution is -2.19. The predicted octanol–water partition coefficient (Wildman–Crippen LogP) is 3.84. The van der Waals surface area contributed by atoms with Crippen LogP contribution in [0.5, 0.6) is 0 Å². The third-order valence-electron chi connectivity index (χ3n) is 2.87. The number of hydrogen-bond acceptors (Lipinski definition) is 4. The smallest absolute Gasteiger partial charge is 0.330 e. The molecule has 0 aromatic carbocycles. The molecule has 0 saturated heterocycles. The van der Waals surface area contributed by atoms with Gasteiger partial charge < -0.3 is 13.6 Å². The fraction of sp³-hybridized carbons (Fsp3) is 0.786. The maximum absolute atomic E-state index is 12.4. The predicted molar refractivity (Wildman–Crippen MR) is 81.3 cm³/mol. The molecule has 6 heteroatoms. The average molecular weight is 302 g/mol. The van der Waals surface area contributed by atoms with Crippen LogP contribution in [0.1, 0.15) is 46.9 Å². The first-order valence-corrected chi connectivity index (χ1v) is 8.95. The van der Waals surface area contributed by atoms with Gasteiger partial charge in [0.2, 0.25) is 0 Å². The molecule has 0 spiro atoms. The van der Waals surface area contributed by atoms with Gasteiger partial charge in [-0.15, -0.1) is 0 Å². The minimum absolute atomic E-state index is 0.00698. The van der Waals surface area contributed by atoms with E-state index < -0.39 is 7.60 Å². The van der Waals surface area contributed by atoms with Crippen molar-refractivity contribution in [2.45, 2.75) is 53.0 Å². The van der Waals surface area contributed by atoms with Crippen molar-refractivity contribution in [3.63, 3.8) is 0 Å². The van der Waals surface area contributed by atoms with E-state index in [2.05, 4.69) is 30.3 Å². The van der Waals surface area contributed by atoms with Gasteiger partial charge in [0.15, 0.2) is 0 Å². The van der Waals surface area contributed by atoms with Crippen molar-refractivity contribution in [3.05, 3.63) is 18.2 Å². The van der Waals surface area contributed by atoms with Crippen LogP contribution in [0.25, 0.3) is 0 Å². The zero-order chi connectivity index (χ0) is 15.2. The second kappa shape index (κ2) is 7.39. The molecule has 1 rings (SSSR count). The largest absolute Gasteiger partial charge is 0.334 e. The number of nitrogens with zero attached hydrogens (tertiary/aromatic N) is 2. The van der Waals surface area contributed by atoms with E-state index in [-0.39, 0.29) is 5.41 Å². The molecule has 0 N–H and O–H groups in total. The van der Waals surface area contributed by atoms with E-state index in [1.807, 2.05) is 26.2 Å². The molecule has 0 fully saturated rings.